The van der Waals surface area contributed by atoms with E-state index >= 15 is 0 Å². The van der Waals surface area contributed by atoms with Gasteiger partial charge in [0, 0.05) is 11.1 Å². The van der Waals surface area contributed by atoms with Gasteiger partial charge < -0.3 is 10.5 Å². The van der Waals surface area contributed by atoms with Crippen molar-refractivity contribution in [2.75, 3.05) is 6.61 Å². The van der Waals surface area contributed by atoms with E-state index in [4.69, 9.17) is 10.5 Å². The second kappa shape index (κ2) is 5.09. The molecule has 2 N–H and O–H groups in total. The van der Waals surface area contributed by atoms with Crippen LogP contribution in [0.2, 0.25) is 0 Å². The Bertz CT molecular complexity index is 367. The highest BCUT2D eigenvalue weighted by molar-refractivity contribution is 5.39. The molecule has 1 saturated carbocycles. The van der Waals surface area contributed by atoms with Gasteiger partial charge in [0.05, 0.1) is 6.61 Å². The zero-order chi connectivity index (χ0) is 12.3. The molecular weight excluding hydrogens is 210 g/mol. The number of hydrogen-bond acceptors (Lipinski definition) is 2. The molecule has 1 aromatic rings. The standard InChI is InChI=1S/C15H23NO/c1-3-17-14-7-5-4-6-13(14)15(16)10-8-12(2)9-11-15/h4-7,12H,3,8-11,16H2,1-2H3. The maximum absolute atomic E-state index is 6.59. The van der Waals surface area contributed by atoms with E-state index in [0.29, 0.717) is 6.61 Å². The Morgan fingerprint density at radius 2 is 1.94 bits per heavy atom. The second-order valence-electron chi connectivity index (χ2n) is 5.27. The number of nitrogens with two attached hydrogens (primary N) is 1. The first kappa shape index (κ1) is 12.4. The van der Waals surface area contributed by atoms with E-state index in [1.54, 1.807) is 0 Å². The number of benzene rings is 1. The Labute approximate surface area is 104 Å². The normalized spacial score (nSPS) is 29.0. The lowest BCUT2D eigenvalue weighted by atomic mass is 9.73. The van der Waals surface area contributed by atoms with Gasteiger partial charge in [-0.3, -0.25) is 0 Å². The highest BCUT2D eigenvalue weighted by Gasteiger charge is 2.33. The van der Waals surface area contributed by atoms with E-state index in [9.17, 15) is 0 Å². The van der Waals surface area contributed by atoms with Crippen molar-refractivity contribution in [2.24, 2.45) is 11.7 Å². The fourth-order valence-corrected chi connectivity index (χ4v) is 2.71. The van der Waals surface area contributed by atoms with E-state index in [1.165, 1.54) is 18.4 Å². The van der Waals surface area contributed by atoms with Crippen molar-refractivity contribution in [1.29, 1.82) is 0 Å². The number of hydrogen-bond donors (Lipinski definition) is 1. The molecule has 1 aliphatic rings. The van der Waals surface area contributed by atoms with E-state index < -0.39 is 0 Å². The summed E-state index contributed by atoms with van der Waals surface area (Å²) in [5, 5.41) is 0. The molecule has 2 rings (SSSR count). The average molecular weight is 233 g/mol. The molecule has 1 aliphatic carbocycles. The quantitative estimate of drug-likeness (QED) is 0.868. The minimum atomic E-state index is -0.182. The van der Waals surface area contributed by atoms with Gasteiger partial charge >= 0.3 is 0 Å². The van der Waals surface area contributed by atoms with Crippen LogP contribution in [0.5, 0.6) is 5.75 Å². The average Bonchev–Trinajstić information content (AvgIpc) is 2.34. The molecule has 0 bridgehead atoms. The topological polar surface area (TPSA) is 35.2 Å². The largest absolute Gasteiger partial charge is 0.494 e. The summed E-state index contributed by atoms with van der Waals surface area (Å²) >= 11 is 0. The minimum absolute atomic E-state index is 0.182. The second-order valence-corrected chi connectivity index (χ2v) is 5.27. The van der Waals surface area contributed by atoms with Crippen LogP contribution >= 0.6 is 0 Å². The summed E-state index contributed by atoms with van der Waals surface area (Å²) in [5.74, 6) is 1.78. The summed E-state index contributed by atoms with van der Waals surface area (Å²) < 4.78 is 5.70. The fraction of sp³-hybridized carbons (Fsp3) is 0.600. The lowest BCUT2D eigenvalue weighted by molar-refractivity contribution is 0.237. The first-order valence-corrected chi connectivity index (χ1v) is 6.67. The summed E-state index contributed by atoms with van der Waals surface area (Å²) in [7, 11) is 0. The van der Waals surface area contributed by atoms with Crippen LogP contribution in [0.3, 0.4) is 0 Å². The summed E-state index contributed by atoms with van der Waals surface area (Å²) in [6, 6.07) is 8.24. The van der Waals surface area contributed by atoms with E-state index in [2.05, 4.69) is 19.1 Å². The predicted molar refractivity (Wildman–Crippen MR) is 71.1 cm³/mol. The molecule has 0 unspecified atom stereocenters. The van der Waals surface area contributed by atoms with Gasteiger partial charge in [-0.25, -0.2) is 0 Å². The van der Waals surface area contributed by atoms with Gasteiger partial charge in [0.15, 0.2) is 0 Å². The van der Waals surface area contributed by atoms with Crippen molar-refractivity contribution in [2.45, 2.75) is 45.1 Å². The fourth-order valence-electron chi connectivity index (χ4n) is 2.71. The maximum atomic E-state index is 6.59. The Morgan fingerprint density at radius 1 is 1.29 bits per heavy atom. The number of rotatable bonds is 3. The molecule has 2 nitrogen and oxygen atoms in total. The van der Waals surface area contributed by atoms with Crippen molar-refractivity contribution in [1.82, 2.24) is 0 Å². The van der Waals surface area contributed by atoms with Gasteiger partial charge in [0.25, 0.3) is 0 Å². The number of ether oxygens (including phenoxy) is 1. The molecule has 17 heavy (non-hydrogen) atoms. The zero-order valence-electron chi connectivity index (χ0n) is 10.9. The zero-order valence-corrected chi connectivity index (χ0v) is 10.9. The van der Waals surface area contributed by atoms with Crippen LogP contribution in [0.15, 0.2) is 24.3 Å². The monoisotopic (exact) mass is 233 g/mol. The van der Waals surface area contributed by atoms with Crippen LogP contribution in [0, 0.1) is 5.92 Å². The van der Waals surface area contributed by atoms with E-state index in [0.717, 1.165) is 24.5 Å². The highest BCUT2D eigenvalue weighted by atomic mass is 16.5. The molecule has 2 heteroatoms. The van der Waals surface area contributed by atoms with Gasteiger partial charge in [-0.1, -0.05) is 25.1 Å². The predicted octanol–water partition coefficient (Wildman–Crippen LogP) is 3.45. The molecule has 1 fully saturated rings. The van der Waals surface area contributed by atoms with E-state index in [-0.39, 0.29) is 5.54 Å². The van der Waals surface area contributed by atoms with Crippen LogP contribution in [0.4, 0.5) is 0 Å². The van der Waals surface area contributed by atoms with Gasteiger partial charge in [-0.15, -0.1) is 0 Å². The van der Waals surface area contributed by atoms with Crippen molar-refractivity contribution < 1.29 is 4.74 Å². The SMILES string of the molecule is CCOc1ccccc1C1(N)CCC(C)CC1. The minimum Gasteiger partial charge on any atom is -0.494 e. The first-order chi connectivity index (χ1) is 8.15. The Kier molecular flexibility index (Phi) is 3.72. The van der Waals surface area contributed by atoms with Crippen molar-refractivity contribution >= 4 is 0 Å². The van der Waals surface area contributed by atoms with Gasteiger partial charge in [0.2, 0.25) is 0 Å². The lowest BCUT2D eigenvalue weighted by Gasteiger charge is -2.37. The smallest absolute Gasteiger partial charge is 0.124 e. The van der Waals surface area contributed by atoms with Gasteiger partial charge in [0.1, 0.15) is 5.75 Å². The molecule has 0 atom stereocenters. The van der Waals surface area contributed by atoms with Crippen molar-refractivity contribution in [3.63, 3.8) is 0 Å². The van der Waals surface area contributed by atoms with Crippen LogP contribution in [-0.2, 0) is 5.54 Å². The van der Waals surface area contributed by atoms with Crippen molar-refractivity contribution in [3.05, 3.63) is 29.8 Å². The summed E-state index contributed by atoms with van der Waals surface area (Å²) in [6.45, 7) is 5.03. The third-order valence-electron chi connectivity index (χ3n) is 3.89. The molecular formula is C15H23NO. The van der Waals surface area contributed by atoms with Crippen LogP contribution in [0.1, 0.15) is 45.1 Å². The third-order valence-corrected chi connectivity index (χ3v) is 3.89. The third kappa shape index (κ3) is 2.63. The molecule has 0 radical (unpaired) electrons. The maximum Gasteiger partial charge on any atom is 0.124 e. The van der Waals surface area contributed by atoms with Gasteiger partial charge in [-0.05, 0) is 44.6 Å². The highest BCUT2D eigenvalue weighted by Crippen LogP contribution is 2.40. The Balaban J connectivity index is 2.26. The van der Waals surface area contributed by atoms with Crippen LogP contribution in [-0.4, -0.2) is 6.61 Å². The molecule has 1 aromatic carbocycles. The molecule has 0 amide bonds. The molecule has 0 saturated heterocycles. The Morgan fingerprint density at radius 3 is 2.59 bits per heavy atom. The summed E-state index contributed by atoms with van der Waals surface area (Å²) in [5.41, 5.74) is 7.60. The van der Waals surface area contributed by atoms with Crippen LogP contribution < -0.4 is 10.5 Å². The summed E-state index contributed by atoms with van der Waals surface area (Å²) in [6.07, 6.45) is 4.57. The summed E-state index contributed by atoms with van der Waals surface area (Å²) in [4.78, 5) is 0. The number of para-hydroxylation sites is 1. The van der Waals surface area contributed by atoms with Crippen molar-refractivity contribution in [3.8, 4) is 5.75 Å². The molecule has 0 heterocycles. The lowest BCUT2D eigenvalue weighted by Crippen LogP contribution is -2.40. The first-order valence-electron chi connectivity index (χ1n) is 6.67. The molecule has 0 aliphatic heterocycles. The Hall–Kier alpha value is -1.02. The molecule has 0 spiro atoms. The van der Waals surface area contributed by atoms with E-state index in [1.807, 2.05) is 19.1 Å². The molecule has 94 valence electrons. The van der Waals surface area contributed by atoms with Gasteiger partial charge in [-0.2, -0.15) is 0 Å². The van der Waals surface area contributed by atoms with Crippen LogP contribution in [0.25, 0.3) is 0 Å². The molecule has 0 aromatic heterocycles.